The Morgan fingerprint density at radius 1 is 1.40 bits per heavy atom. The molecule has 1 fully saturated rings. The quantitative estimate of drug-likeness (QED) is 0.726. The van der Waals surface area contributed by atoms with Gasteiger partial charge in [0.15, 0.2) is 0 Å². The van der Waals surface area contributed by atoms with Gasteiger partial charge in [0.2, 0.25) is 0 Å². The monoisotopic (exact) mass is 212 g/mol. The van der Waals surface area contributed by atoms with Crippen LogP contribution in [0.1, 0.15) is 72.1 Å². The molecule has 1 nitrogen and oxygen atoms in total. The van der Waals surface area contributed by atoms with Crippen LogP contribution < -0.4 is 0 Å². The average molecular weight is 212 g/mol. The van der Waals surface area contributed by atoms with Crippen molar-refractivity contribution < 1.29 is 5.11 Å². The first-order valence-corrected chi connectivity index (χ1v) is 6.82. The molecule has 3 atom stereocenters. The summed E-state index contributed by atoms with van der Waals surface area (Å²) in [6.07, 6.45) is 9.43. The van der Waals surface area contributed by atoms with Crippen molar-refractivity contribution in [3.63, 3.8) is 0 Å². The SMILES string of the molecule is CCCC(C)CC1(O)CCCC(CC)C1. The molecule has 1 saturated carbocycles. The topological polar surface area (TPSA) is 20.2 Å². The van der Waals surface area contributed by atoms with Crippen LogP contribution in [-0.2, 0) is 0 Å². The lowest BCUT2D eigenvalue weighted by atomic mass is 9.73. The molecule has 3 unspecified atom stereocenters. The Labute approximate surface area is 95.3 Å². The van der Waals surface area contributed by atoms with Gasteiger partial charge in [-0.15, -0.1) is 0 Å². The summed E-state index contributed by atoms with van der Waals surface area (Å²) >= 11 is 0. The third-order valence-corrected chi connectivity index (χ3v) is 4.01. The van der Waals surface area contributed by atoms with E-state index in [2.05, 4.69) is 20.8 Å². The third kappa shape index (κ3) is 4.14. The van der Waals surface area contributed by atoms with Crippen molar-refractivity contribution in [1.82, 2.24) is 0 Å². The largest absolute Gasteiger partial charge is 0.390 e. The van der Waals surface area contributed by atoms with Crippen LogP contribution in [0, 0.1) is 11.8 Å². The molecule has 0 aromatic heterocycles. The molecule has 1 rings (SSSR count). The number of hydrogen-bond acceptors (Lipinski definition) is 1. The summed E-state index contributed by atoms with van der Waals surface area (Å²) in [4.78, 5) is 0. The summed E-state index contributed by atoms with van der Waals surface area (Å²) in [5.74, 6) is 1.47. The van der Waals surface area contributed by atoms with Gasteiger partial charge in [-0.3, -0.25) is 0 Å². The second-order valence-corrected chi connectivity index (χ2v) is 5.69. The Balaban J connectivity index is 2.42. The normalized spacial score (nSPS) is 34.0. The van der Waals surface area contributed by atoms with Crippen LogP contribution in [0.4, 0.5) is 0 Å². The minimum Gasteiger partial charge on any atom is -0.390 e. The first-order valence-electron chi connectivity index (χ1n) is 6.82. The molecule has 0 saturated heterocycles. The molecule has 0 aliphatic heterocycles. The first kappa shape index (κ1) is 13.0. The van der Waals surface area contributed by atoms with E-state index in [4.69, 9.17) is 0 Å². The molecule has 0 amide bonds. The first-order chi connectivity index (χ1) is 7.09. The highest BCUT2D eigenvalue weighted by molar-refractivity contribution is 4.87. The number of rotatable bonds is 5. The van der Waals surface area contributed by atoms with Crippen LogP contribution in [0.2, 0.25) is 0 Å². The van der Waals surface area contributed by atoms with E-state index in [-0.39, 0.29) is 5.60 Å². The Bertz CT molecular complexity index is 178. The predicted molar refractivity (Wildman–Crippen MR) is 65.9 cm³/mol. The van der Waals surface area contributed by atoms with E-state index >= 15 is 0 Å². The van der Waals surface area contributed by atoms with Gasteiger partial charge in [-0.05, 0) is 31.1 Å². The summed E-state index contributed by atoms with van der Waals surface area (Å²) in [6.45, 7) is 6.78. The van der Waals surface area contributed by atoms with Crippen molar-refractivity contribution in [2.75, 3.05) is 0 Å². The molecule has 1 N–H and O–H groups in total. The van der Waals surface area contributed by atoms with Crippen LogP contribution in [-0.4, -0.2) is 10.7 Å². The summed E-state index contributed by atoms with van der Waals surface area (Å²) in [5.41, 5.74) is -0.326. The molecule has 0 spiro atoms. The lowest BCUT2D eigenvalue weighted by molar-refractivity contribution is -0.0351. The zero-order chi connectivity index (χ0) is 11.3. The summed E-state index contributed by atoms with van der Waals surface area (Å²) < 4.78 is 0. The number of aliphatic hydroxyl groups is 1. The fourth-order valence-electron chi connectivity index (χ4n) is 3.24. The van der Waals surface area contributed by atoms with Crippen molar-refractivity contribution in [1.29, 1.82) is 0 Å². The van der Waals surface area contributed by atoms with Gasteiger partial charge in [0.05, 0.1) is 5.60 Å². The number of hydrogen-bond donors (Lipinski definition) is 1. The van der Waals surface area contributed by atoms with E-state index in [0.717, 1.165) is 25.2 Å². The molecule has 1 heteroatoms. The van der Waals surface area contributed by atoms with Gasteiger partial charge >= 0.3 is 0 Å². The van der Waals surface area contributed by atoms with Gasteiger partial charge in [-0.25, -0.2) is 0 Å². The van der Waals surface area contributed by atoms with E-state index in [0.29, 0.717) is 5.92 Å². The van der Waals surface area contributed by atoms with Crippen LogP contribution in [0.15, 0.2) is 0 Å². The molecule has 0 aromatic carbocycles. The van der Waals surface area contributed by atoms with Gasteiger partial charge in [0, 0.05) is 0 Å². The van der Waals surface area contributed by atoms with Gasteiger partial charge in [0.25, 0.3) is 0 Å². The van der Waals surface area contributed by atoms with Crippen molar-refractivity contribution in [3.8, 4) is 0 Å². The van der Waals surface area contributed by atoms with Gasteiger partial charge in [-0.1, -0.05) is 52.9 Å². The lowest BCUT2D eigenvalue weighted by Gasteiger charge is -2.38. The summed E-state index contributed by atoms with van der Waals surface area (Å²) in [5, 5.41) is 10.6. The molecule has 0 radical (unpaired) electrons. The molecule has 15 heavy (non-hydrogen) atoms. The van der Waals surface area contributed by atoms with Gasteiger partial charge in [0.1, 0.15) is 0 Å². The highest BCUT2D eigenvalue weighted by atomic mass is 16.3. The molecule has 90 valence electrons. The highest BCUT2D eigenvalue weighted by Gasteiger charge is 2.34. The molecule has 0 bridgehead atoms. The fourth-order valence-corrected chi connectivity index (χ4v) is 3.24. The van der Waals surface area contributed by atoms with Crippen molar-refractivity contribution in [2.24, 2.45) is 11.8 Å². The Kier molecular flexibility index (Phi) is 5.11. The Morgan fingerprint density at radius 2 is 2.13 bits per heavy atom. The maximum absolute atomic E-state index is 10.6. The second-order valence-electron chi connectivity index (χ2n) is 5.69. The van der Waals surface area contributed by atoms with Crippen molar-refractivity contribution in [2.45, 2.75) is 77.7 Å². The van der Waals surface area contributed by atoms with Crippen LogP contribution in [0.3, 0.4) is 0 Å². The van der Waals surface area contributed by atoms with Gasteiger partial charge < -0.3 is 5.11 Å². The molecule has 0 heterocycles. The average Bonchev–Trinajstić information content (AvgIpc) is 2.17. The fraction of sp³-hybridized carbons (Fsp3) is 1.00. The second kappa shape index (κ2) is 5.89. The Hall–Kier alpha value is -0.0400. The zero-order valence-electron chi connectivity index (χ0n) is 10.8. The zero-order valence-corrected chi connectivity index (χ0v) is 10.8. The molecule has 1 aliphatic rings. The minimum absolute atomic E-state index is 0.326. The van der Waals surface area contributed by atoms with Crippen LogP contribution in [0.5, 0.6) is 0 Å². The van der Waals surface area contributed by atoms with Crippen molar-refractivity contribution in [3.05, 3.63) is 0 Å². The lowest BCUT2D eigenvalue weighted by Crippen LogP contribution is -2.36. The van der Waals surface area contributed by atoms with Crippen LogP contribution in [0.25, 0.3) is 0 Å². The Morgan fingerprint density at radius 3 is 2.73 bits per heavy atom. The van der Waals surface area contributed by atoms with Gasteiger partial charge in [-0.2, -0.15) is 0 Å². The smallest absolute Gasteiger partial charge is 0.0653 e. The molecular weight excluding hydrogens is 184 g/mol. The molecular formula is C14H28O. The maximum atomic E-state index is 10.6. The van der Waals surface area contributed by atoms with E-state index in [1.54, 1.807) is 0 Å². The summed E-state index contributed by atoms with van der Waals surface area (Å²) in [7, 11) is 0. The third-order valence-electron chi connectivity index (χ3n) is 4.01. The predicted octanol–water partition coefficient (Wildman–Crippen LogP) is 4.14. The highest BCUT2D eigenvalue weighted by Crippen LogP contribution is 2.38. The molecule has 0 aromatic rings. The summed E-state index contributed by atoms with van der Waals surface area (Å²) in [6, 6.07) is 0. The van der Waals surface area contributed by atoms with E-state index < -0.39 is 0 Å². The maximum Gasteiger partial charge on any atom is 0.0653 e. The van der Waals surface area contributed by atoms with E-state index in [9.17, 15) is 5.11 Å². The molecule has 1 aliphatic carbocycles. The van der Waals surface area contributed by atoms with E-state index in [1.807, 2.05) is 0 Å². The van der Waals surface area contributed by atoms with Crippen molar-refractivity contribution >= 4 is 0 Å². The van der Waals surface area contributed by atoms with Crippen LogP contribution >= 0.6 is 0 Å². The standard InChI is InChI=1S/C14H28O/c1-4-7-12(3)10-14(15)9-6-8-13(5-2)11-14/h12-13,15H,4-11H2,1-3H3. The van der Waals surface area contributed by atoms with E-state index in [1.165, 1.54) is 32.1 Å². The minimum atomic E-state index is -0.326.